The van der Waals surface area contributed by atoms with E-state index in [9.17, 15) is 63.0 Å². The van der Waals surface area contributed by atoms with Crippen molar-refractivity contribution in [2.45, 2.75) is 266 Å². The van der Waals surface area contributed by atoms with Crippen LogP contribution in [0.25, 0.3) is 0 Å². The number of carboxylic acids is 3. The van der Waals surface area contributed by atoms with Crippen molar-refractivity contribution in [1.82, 2.24) is 35.4 Å². The van der Waals surface area contributed by atoms with Crippen LogP contribution in [0.1, 0.15) is 167 Å². The Kier molecular flexibility index (Phi) is 58.2. The molecule has 818 valence electrons. The van der Waals surface area contributed by atoms with Crippen molar-refractivity contribution in [3.63, 3.8) is 0 Å². The Labute approximate surface area is 909 Å². The second-order valence-electron chi connectivity index (χ2n) is 34.5. The molecule has 147 heavy (non-hydrogen) atoms. The third kappa shape index (κ3) is 41.1. The lowest BCUT2D eigenvalue weighted by Gasteiger charge is -2.42. The average Bonchev–Trinajstić information content (AvgIpc) is 1.57. The number of carboxylic acid groups (broad SMARTS) is 3. The number of carbonyl (C=O) groups is 11. The number of aliphatic hydroxyl groups excluding tert-OH is 1. The van der Waals surface area contributed by atoms with E-state index >= 15 is 0 Å². The Bertz CT molecular complexity index is 5170. The summed E-state index contributed by atoms with van der Waals surface area (Å²) in [5.74, 6) is -2.74. The highest BCUT2D eigenvalue weighted by atomic mass is 35.5. The van der Waals surface area contributed by atoms with Crippen molar-refractivity contribution in [1.29, 1.82) is 0 Å². The van der Waals surface area contributed by atoms with Crippen LogP contribution in [0.15, 0.2) is 160 Å². The first-order chi connectivity index (χ1) is 69.3. The lowest BCUT2D eigenvalue weighted by atomic mass is 9.83. The number of methoxy groups -OCH3 is 4. The third-order valence-electron chi connectivity index (χ3n) is 23.9. The van der Waals surface area contributed by atoms with Gasteiger partial charge in [-0.25, -0.2) is 34.1 Å². The molecule has 6 aliphatic heterocycles. The number of nitrogens with one attached hydrogen (secondary N) is 2. The van der Waals surface area contributed by atoms with E-state index in [2.05, 4.69) is 50.8 Å². The molecule has 46 heteroatoms. The quantitative estimate of drug-likeness (QED) is 0.00477. The van der Waals surface area contributed by atoms with E-state index in [1.165, 1.54) is 105 Å². The molecular formula is C101H145Cl2N9O27S8. The molecule has 8 bridgehead atoms. The molecule has 0 unspecified atom stereocenters. The number of aliphatic carboxylic acids is 3. The van der Waals surface area contributed by atoms with E-state index in [0.717, 1.165) is 50.2 Å². The van der Waals surface area contributed by atoms with E-state index in [1.54, 1.807) is 152 Å². The van der Waals surface area contributed by atoms with Crippen LogP contribution in [0.2, 0.25) is 10.0 Å². The minimum absolute atomic E-state index is 0. The predicted octanol–water partition coefficient (Wildman–Crippen LogP) is 17.2. The maximum atomic E-state index is 14.2. The number of benzene rings is 2. The van der Waals surface area contributed by atoms with Gasteiger partial charge in [-0.2, -0.15) is 25.3 Å². The third-order valence-corrected chi connectivity index (χ3v) is 32.2. The number of aromatic nitrogens is 3. The summed E-state index contributed by atoms with van der Waals surface area (Å²) >= 11 is 21.4. The number of rotatable bonds is 32. The van der Waals surface area contributed by atoms with Gasteiger partial charge in [-0.3, -0.25) is 44.2 Å². The van der Waals surface area contributed by atoms with Crippen LogP contribution in [-0.2, 0) is 93.9 Å². The number of ether oxygens (including phenoxy) is 10. The Balaban J connectivity index is 0.000000552. The topological polar surface area (TPSA) is 484 Å². The van der Waals surface area contributed by atoms with Crippen LogP contribution in [0.4, 0.5) is 21.0 Å². The average molecular weight is 2250 g/mol. The number of nitrogens with zero attached hydrogens (tertiary/aromatic N) is 7. The molecule has 36 nitrogen and oxygen atoms in total. The van der Waals surface area contributed by atoms with Gasteiger partial charge in [-0.15, -0.1) is 0 Å². The number of fused-ring (bicyclic) bond motifs is 10. The van der Waals surface area contributed by atoms with E-state index in [4.69, 9.17) is 92.4 Å². The van der Waals surface area contributed by atoms with Gasteiger partial charge in [0.25, 0.3) is 0 Å². The van der Waals surface area contributed by atoms with Gasteiger partial charge in [0, 0.05) is 144 Å². The number of likely N-dealkylation sites (N-methyl/N-ethyl adjacent to an activating group) is 2. The largest absolute Gasteiger partial charge is 0.495 e. The fourth-order valence-electron chi connectivity index (χ4n) is 15.3. The first-order valence-electron chi connectivity index (χ1n) is 47.0. The molecule has 11 rings (SSSR count). The van der Waals surface area contributed by atoms with Gasteiger partial charge in [0.05, 0.1) is 50.6 Å². The zero-order valence-electron chi connectivity index (χ0n) is 85.6. The molecule has 0 radical (unpaired) electrons. The van der Waals surface area contributed by atoms with Gasteiger partial charge in [0.1, 0.15) is 96.5 Å². The zero-order chi connectivity index (χ0) is 109. The Morgan fingerprint density at radius 3 is 1.25 bits per heavy atom. The van der Waals surface area contributed by atoms with Gasteiger partial charge in [0.2, 0.25) is 23.6 Å². The Morgan fingerprint density at radius 1 is 0.551 bits per heavy atom. The van der Waals surface area contributed by atoms with E-state index < -0.39 is 149 Å². The highest BCUT2D eigenvalue weighted by Gasteiger charge is 2.66. The fraction of sp³-hybridized carbons (Fsp3) is 0.545. The maximum Gasteiger partial charge on any atom is 0.409 e. The smallest absolute Gasteiger partial charge is 0.409 e. The normalized spacial score (nSPS) is 24.9. The second-order valence-corrected chi connectivity index (χ2v) is 43.4. The van der Waals surface area contributed by atoms with Gasteiger partial charge < -0.3 is 97.6 Å². The van der Waals surface area contributed by atoms with Crippen molar-refractivity contribution in [2.24, 2.45) is 11.8 Å². The molecule has 5 aromatic rings. The van der Waals surface area contributed by atoms with Crippen LogP contribution in [0.3, 0.4) is 0 Å². The number of halogens is 2. The van der Waals surface area contributed by atoms with Crippen LogP contribution >= 0.6 is 113 Å². The fourth-order valence-corrected chi connectivity index (χ4v) is 22.1. The summed E-state index contributed by atoms with van der Waals surface area (Å²) in [5.41, 5.74) is -1.91. The highest BCUT2D eigenvalue weighted by molar-refractivity contribution is 8.77. The summed E-state index contributed by atoms with van der Waals surface area (Å²) < 4.78 is 64.0. The van der Waals surface area contributed by atoms with Gasteiger partial charge >= 0.3 is 42.0 Å². The van der Waals surface area contributed by atoms with Crippen molar-refractivity contribution < 1.29 is 132 Å². The standard InChI is InChI=1S/C39H54ClN3O12S2.C35H48ClN3O10S.C10H8N2S2.C9H11NO2S2.C4H8O2S.CH4O.3CH4/c1-22-11-9-12-29(52-8)39(50)21-28(53-37(49)41-39)23(2)35-38(4,55-35)30(20-32(45)43(6)26-18-25(17-22)19-27(51-7)34(26)40)54-36(48)24(3)42(5)31(44)14-16-57-56-15-10-13-33(46)47;1-19-10-9-11-26(46-8)35(44)18-25(47-33(43)37-35)20(2)31-34(4,49-31)27(48-32(42)21(3)38(5)28(40)12-13-50)17-29(41)39(6)23-15-22(14-19)16-24(45-7)30(23)36;1-3-7-11-9(5-1)13-14-10-6-2-4-8-12-10;11-9(12)5-3-7-13-14-8-4-1-2-6-10-8;5-4(6)2-1-3-7;1-2;;;/h9,11-12,18-19,23-24,28-30,35,50H,10,13-17,20-21H2,1-8H3,(H,41,49)(H,46,47);9-11,15-16,20-21,25-27,31,44,50H,12-14,17-18H2,1-8H3,(H,37,43);1-8H;1-2,4,6H,3,5,7H2,(H,11,12);7H,1-3H2,(H,5,6);2H,1H3;3*1H4/b12-9+,22-11+;11-9+,19-10+;;;;;;;/t23-,24-,28+,29-,30+,35+,38-,39+;20-,21-,25+,26-,27+,31+,34-,35+;;;;;;;/m11......./s1/i;;;;;;1D;;. The first kappa shape index (κ1) is 131. The maximum absolute atomic E-state index is 14.2. The summed E-state index contributed by atoms with van der Waals surface area (Å²) in [5, 5.41) is 64.1. The summed E-state index contributed by atoms with van der Waals surface area (Å²) in [6.07, 6.45) is 9.75. The van der Waals surface area contributed by atoms with Gasteiger partial charge in [-0.1, -0.05) is 157 Å². The predicted molar refractivity (Wildman–Crippen MR) is 585 cm³/mol. The number of allylic oxidation sites excluding steroid dienone is 6. The molecule has 9 heterocycles. The van der Waals surface area contributed by atoms with Crippen LogP contribution in [-0.4, -0.2) is 297 Å². The van der Waals surface area contributed by atoms with Gasteiger partial charge in [0.15, 0.2) is 11.4 Å². The monoisotopic (exact) mass is 2240 g/mol. The number of epoxide rings is 2. The van der Waals surface area contributed by atoms with Crippen molar-refractivity contribution in [3.05, 3.63) is 166 Å². The van der Waals surface area contributed by atoms with Crippen LogP contribution in [0.5, 0.6) is 11.5 Å². The van der Waals surface area contributed by atoms with E-state index in [0.29, 0.717) is 78.0 Å². The van der Waals surface area contributed by atoms with E-state index in [-0.39, 0.29) is 94.5 Å². The highest BCUT2D eigenvalue weighted by Crippen LogP contribution is 2.52. The molecule has 4 saturated heterocycles. The molecule has 2 aromatic carbocycles. The lowest BCUT2D eigenvalue weighted by molar-refractivity contribution is -0.162. The molecule has 4 fully saturated rings. The summed E-state index contributed by atoms with van der Waals surface area (Å²) in [4.78, 5) is 155. The molecule has 0 spiro atoms. The number of pyridine rings is 3. The van der Waals surface area contributed by atoms with Gasteiger partial charge in [-0.05, 0) is 189 Å². The van der Waals surface area contributed by atoms with Crippen molar-refractivity contribution in [3.8, 4) is 11.5 Å². The minimum Gasteiger partial charge on any atom is -0.495 e. The first-order valence-corrected chi connectivity index (χ1v) is 55.0. The molecule has 16 atom stereocenters. The number of alkyl carbamates (subject to hydrolysis) is 2. The molecule has 0 saturated carbocycles. The van der Waals surface area contributed by atoms with Crippen molar-refractivity contribution >= 4 is 190 Å². The van der Waals surface area contributed by atoms with Crippen LogP contribution in [0, 0.1) is 11.8 Å². The molecule has 8 N–H and O–H groups in total. The Morgan fingerprint density at radius 2 is 0.912 bits per heavy atom. The lowest BCUT2D eigenvalue weighted by Crippen LogP contribution is -2.63. The number of hydrogen-bond acceptors (Lipinski definition) is 35. The number of amides is 6. The number of hydrogen-bond donors (Lipinski definition) is 10. The molecular weight excluding hydrogens is 2100 g/mol. The molecule has 0 aliphatic carbocycles. The number of carbonyl (C=O) groups excluding carboxylic acids is 8. The second kappa shape index (κ2) is 65.5. The number of aliphatic hydroxyl groups is 3. The summed E-state index contributed by atoms with van der Waals surface area (Å²) in [7, 11) is 23.6. The summed E-state index contributed by atoms with van der Waals surface area (Å²) in [6.45, 7) is 13.9. The van der Waals surface area contributed by atoms with E-state index in [1.807, 2.05) is 80.6 Å². The van der Waals surface area contributed by atoms with Crippen LogP contribution < -0.4 is 29.9 Å². The number of anilines is 2. The zero-order valence-corrected chi connectivity index (χ0v) is 92.8. The van der Waals surface area contributed by atoms with Crippen molar-refractivity contribution in [2.75, 3.05) is 102 Å². The number of esters is 2. The molecule has 3 aromatic heterocycles. The Hall–Kier alpha value is -8.68. The SMILES string of the molecule is C.C.CO.COc1cc2cc(c1Cl)N(C)C(=O)C[C@H](OC(=O)[C@@H](C)N(C)C(=O)CCS)[C@@]1(C)O[C@H]1[C@H](C)[C@@H]1C[C@@](O)(NC(=O)O1)[C@H](OC)/C=C/C=C(\C)C2.COc1cc2cc(c1Cl)N(C)C(=O)C[C@H](OC(=O)[C@@H](C)N(C)C(=O)CCSSCCCC(=O)O)[C@@]1(C)O[C@H]1[C@H](C)[C@@H]1C[C@@](O)(NC(=O)O1)[C@H](OC)/C=C/C=C(\C)C2.O=C(O)CCCS.O=C(O)CCCSSc1ccccn1.[2H]C.c1ccc(SSc2ccccn2)nc1. The minimum atomic E-state index is -1.84. The molecule has 6 aliphatic rings. The molecule has 6 amide bonds. The summed E-state index contributed by atoms with van der Waals surface area (Å²) in [6, 6.07) is 22.6. The number of thiol groups is 2.